The lowest BCUT2D eigenvalue weighted by molar-refractivity contribution is -0.252. The standard InChI is InChI=1S/C41H68N2O5/c1-25(2)27-12-18-41(22-32(44)43-21-15-26(42)24-43)20-19-39(8)28(34(27)41)10-11-30-38(7)16-14-31(48-33(45)23-36(3,4)35(46)47)37(5,6)29(38)13-17-40(30,39)9/h25-31,34H,10-24,42H2,1-9H3,(H,46,47)/t26-,27?,28+,29-,30+,31-,34+,38-,39+,40+,41+/m0/s1. The minimum atomic E-state index is -1.13. The second-order valence-electron chi connectivity index (χ2n) is 20.3. The number of carbonyl (C=O) groups excluding carboxylic acids is 2. The van der Waals surface area contributed by atoms with Crippen LogP contribution in [0.3, 0.4) is 0 Å². The van der Waals surface area contributed by atoms with Gasteiger partial charge in [-0.15, -0.1) is 0 Å². The third-order valence-corrected chi connectivity index (χ3v) is 17.0. The average Bonchev–Trinajstić information content (AvgIpc) is 3.59. The van der Waals surface area contributed by atoms with Crippen molar-refractivity contribution in [3.63, 3.8) is 0 Å². The van der Waals surface area contributed by atoms with E-state index in [1.807, 2.05) is 0 Å². The smallest absolute Gasteiger partial charge is 0.309 e. The van der Waals surface area contributed by atoms with E-state index in [4.69, 9.17) is 10.5 Å². The summed E-state index contributed by atoms with van der Waals surface area (Å²) in [4.78, 5) is 40.7. The van der Waals surface area contributed by atoms with E-state index in [-0.39, 0.29) is 51.6 Å². The summed E-state index contributed by atoms with van der Waals surface area (Å²) >= 11 is 0. The molecule has 6 rings (SSSR count). The van der Waals surface area contributed by atoms with Crippen LogP contribution in [0.4, 0.5) is 0 Å². The molecule has 5 saturated carbocycles. The van der Waals surface area contributed by atoms with Crippen LogP contribution < -0.4 is 5.73 Å². The van der Waals surface area contributed by atoms with Crippen LogP contribution in [-0.2, 0) is 19.1 Å². The number of fused-ring (bicyclic) bond motifs is 7. The fourth-order valence-electron chi connectivity index (χ4n) is 14.1. The number of aliphatic carboxylic acids is 1. The lowest BCUT2D eigenvalue weighted by Crippen LogP contribution is -2.67. The number of amides is 1. The predicted octanol–water partition coefficient (Wildman–Crippen LogP) is 8.09. The van der Waals surface area contributed by atoms with Crippen LogP contribution in [0, 0.1) is 68.0 Å². The summed E-state index contributed by atoms with van der Waals surface area (Å²) in [5.74, 6) is 2.66. The van der Waals surface area contributed by atoms with Crippen LogP contribution in [0.25, 0.3) is 0 Å². The van der Waals surface area contributed by atoms with Gasteiger partial charge in [0.2, 0.25) is 5.91 Å². The molecular weight excluding hydrogens is 600 g/mol. The minimum Gasteiger partial charge on any atom is -0.481 e. The highest BCUT2D eigenvalue weighted by molar-refractivity contribution is 5.81. The molecule has 0 bridgehead atoms. The average molecular weight is 669 g/mol. The van der Waals surface area contributed by atoms with Gasteiger partial charge in [-0.3, -0.25) is 14.4 Å². The number of nitrogens with zero attached hydrogens (tertiary/aromatic N) is 1. The number of nitrogens with two attached hydrogens (primary N) is 1. The molecule has 1 aliphatic heterocycles. The van der Waals surface area contributed by atoms with Crippen molar-refractivity contribution in [2.75, 3.05) is 13.1 Å². The Morgan fingerprint density at radius 3 is 2.21 bits per heavy atom. The van der Waals surface area contributed by atoms with E-state index >= 15 is 0 Å². The Balaban J connectivity index is 1.25. The normalized spacial score (nSPS) is 45.1. The van der Waals surface area contributed by atoms with Crippen molar-refractivity contribution in [2.45, 2.75) is 158 Å². The highest BCUT2D eigenvalue weighted by atomic mass is 16.5. The molecule has 48 heavy (non-hydrogen) atoms. The van der Waals surface area contributed by atoms with Gasteiger partial charge in [0.1, 0.15) is 6.10 Å². The van der Waals surface area contributed by atoms with E-state index in [1.165, 1.54) is 44.9 Å². The molecule has 0 spiro atoms. The molecule has 7 heteroatoms. The zero-order valence-electron chi connectivity index (χ0n) is 31.8. The molecule has 3 N–H and O–H groups in total. The van der Waals surface area contributed by atoms with Gasteiger partial charge in [0.25, 0.3) is 0 Å². The zero-order valence-corrected chi connectivity index (χ0v) is 31.8. The number of carbonyl (C=O) groups is 3. The minimum absolute atomic E-state index is 0.103. The number of carboxylic acids is 1. The molecule has 1 unspecified atom stereocenters. The fourth-order valence-corrected chi connectivity index (χ4v) is 14.1. The van der Waals surface area contributed by atoms with E-state index in [1.54, 1.807) is 13.8 Å². The molecular formula is C41H68N2O5. The Morgan fingerprint density at radius 2 is 1.58 bits per heavy atom. The first-order valence-corrected chi connectivity index (χ1v) is 19.7. The van der Waals surface area contributed by atoms with E-state index in [0.717, 1.165) is 45.2 Å². The second kappa shape index (κ2) is 12.0. The Bertz CT molecular complexity index is 1290. The molecule has 1 saturated heterocycles. The second-order valence-corrected chi connectivity index (χ2v) is 20.3. The molecule has 0 radical (unpaired) electrons. The van der Waals surface area contributed by atoms with Gasteiger partial charge in [-0.1, -0.05) is 48.5 Å². The summed E-state index contributed by atoms with van der Waals surface area (Å²) in [6, 6.07) is 0.131. The maximum atomic E-state index is 13.9. The van der Waals surface area contributed by atoms with Crippen LogP contribution in [-0.4, -0.2) is 53.1 Å². The zero-order chi connectivity index (χ0) is 35.2. The molecule has 1 heterocycles. The third-order valence-electron chi connectivity index (χ3n) is 17.0. The van der Waals surface area contributed by atoms with Gasteiger partial charge < -0.3 is 20.5 Å². The highest BCUT2D eigenvalue weighted by Gasteiger charge is 2.71. The molecule has 0 aromatic heterocycles. The molecule has 0 aromatic carbocycles. The summed E-state index contributed by atoms with van der Waals surface area (Å²) in [6.45, 7) is 22.2. The lowest BCUT2D eigenvalue weighted by Gasteiger charge is -2.73. The summed E-state index contributed by atoms with van der Waals surface area (Å²) in [6.07, 6.45) is 13.0. The van der Waals surface area contributed by atoms with Crippen molar-refractivity contribution in [3.05, 3.63) is 0 Å². The van der Waals surface area contributed by atoms with Crippen LogP contribution in [0.15, 0.2) is 0 Å². The van der Waals surface area contributed by atoms with Crippen LogP contribution in [0.2, 0.25) is 0 Å². The third kappa shape index (κ3) is 5.40. The van der Waals surface area contributed by atoms with Crippen LogP contribution in [0.5, 0.6) is 0 Å². The SMILES string of the molecule is CC(C)C1CC[C@]2(CC(=O)N3CC[C@H](N)C3)CC[C@]3(C)[C@H](CC[C@@H]4[C@@]5(C)CC[C@H](OC(=O)CC(C)(C)C(=O)O)C(C)(C)[C@@H]5CC[C@]43C)[C@@H]12. The Hall–Kier alpha value is -1.63. The number of carboxylic acid groups (broad SMARTS) is 1. The van der Waals surface area contributed by atoms with Gasteiger partial charge >= 0.3 is 11.9 Å². The summed E-state index contributed by atoms with van der Waals surface area (Å²) < 4.78 is 6.18. The van der Waals surface area contributed by atoms with Gasteiger partial charge in [-0.25, -0.2) is 0 Å². The van der Waals surface area contributed by atoms with Gasteiger partial charge in [-0.2, -0.15) is 0 Å². The molecule has 1 amide bonds. The van der Waals surface area contributed by atoms with Crippen molar-refractivity contribution < 1.29 is 24.2 Å². The lowest BCUT2D eigenvalue weighted by atomic mass is 9.32. The first-order valence-electron chi connectivity index (χ1n) is 19.7. The number of likely N-dealkylation sites (tertiary alicyclic amines) is 1. The Morgan fingerprint density at radius 1 is 0.875 bits per heavy atom. The van der Waals surface area contributed by atoms with Crippen molar-refractivity contribution in [3.8, 4) is 0 Å². The van der Waals surface area contributed by atoms with Crippen molar-refractivity contribution in [1.82, 2.24) is 4.90 Å². The van der Waals surface area contributed by atoms with E-state index in [2.05, 4.69) is 53.4 Å². The van der Waals surface area contributed by atoms with Gasteiger partial charge in [0.15, 0.2) is 0 Å². The summed E-state index contributed by atoms with van der Waals surface area (Å²) in [7, 11) is 0. The maximum Gasteiger partial charge on any atom is 0.309 e. The molecule has 0 aromatic rings. The Kier molecular flexibility index (Phi) is 9.02. The Labute approximate surface area is 291 Å². The van der Waals surface area contributed by atoms with Crippen LogP contribution >= 0.6 is 0 Å². The maximum absolute atomic E-state index is 13.9. The van der Waals surface area contributed by atoms with Crippen molar-refractivity contribution in [2.24, 2.45) is 73.7 Å². The van der Waals surface area contributed by atoms with Crippen LogP contribution in [0.1, 0.15) is 146 Å². The summed E-state index contributed by atoms with van der Waals surface area (Å²) in [5, 5.41) is 9.59. The first kappa shape index (κ1) is 36.2. The largest absolute Gasteiger partial charge is 0.481 e. The van der Waals surface area contributed by atoms with Gasteiger partial charge in [0, 0.05) is 31.0 Å². The predicted molar refractivity (Wildman–Crippen MR) is 189 cm³/mol. The monoisotopic (exact) mass is 669 g/mol. The fraction of sp³-hybridized carbons (Fsp3) is 0.927. The highest BCUT2D eigenvalue weighted by Crippen LogP contribution is 2.78. The van der Waals surface area contributed by atoms with E-state index in [9.17, 15) is 19.5 Å². The quantitative estimate of drug-likeness (QED) is 0.266. The topological polar surface area (TPSA) is 110 Å². The number of esters is 1. The molecule has 272 valence electrons. The van der Waals surface area contributed by atoms with E-state index < -0.39 is 11.4 Å². The molecule has 11 atom stereocenters. The first-order chi connectivity index (χ1) is 22.2. The van der Waals surface area contributed by atoms with E-state index in [0.29, 0.717) is 41.4 Å². The number of ether oxygens (including phenoxy) is 1. The molecule has 6 fully saturated rings. The number of hydrogen-bond acceptors (Lipinski definition) is 5. The van der Waals surface area contributed by atoms with Crippen molar-refractivity contribution >= 4 is 17.8 Å². The molecule has 6 aliphatic rings. The molecule has 7 nitrogen and oxygen atoms in total. The van der Waals surface area contributed by atoms with Gasteiger partial charge in [0.05, 0.1) is 11.8 Å². The number of rotatable bonds is 7. The number of hydrogen-bond donors (Lipinski definition) is 2. The summed E-state index contributed by atoms with van der Waals surface area (Å²) in [5.41, 5.74) is 5.70. The van der Waals surface area contributed by atoms with Gasteiger partial charge in [-0.05, 0) is 142 Å². The molecule has 5 aliphatic carbocycles. The van der Waals surface area contributed by atoms with Crippen molar-refractivity contribution in [1.29, 1.82) is 0 Å².